The van der Waals surface area contributed by atoms with Crippen LogP contribution >= 0.6 is 0 Å². The molecule has 0 atom stereocenters. The number of urea groups is 1. The minimum atomic E-state index is -1.06. The first-order valence-electron chi connectivity index (χ1n) is 5.81. The zero-order chi connectivity index (χ0) is 12.7. The monoisotopic (exact) mass is 238 g/mol. The van der Waals surface area contributed by atoms with Gasteiger partial charge < -0.3 is 15.3 Å². The predicted octanol–water partition coefficient (Wildman–Crippen LogP) is 0.906. The van der Waals surface area contributed by atoms with E-state index in [9.17, 15) is 9.59 Å². The van der Waals surface area contributed by atoms with Crippen LogP contribution in [0.5, 0.6) is 0 Å². The van der Waals surface area contributed by atoms with Crippen molar-refractivity contribution in [2.45, 2.75) is 25.7 Å². The van der Waals surface area contributed by atoms with Crippen molar-refractivity contribution in [3.05, 3.63) is 0 Å². The lowest BCUT2D eigenvalue weighted by atomic mass is 9.83. The number of carboxylic acid groups (broad SMARTS) is 1. The summed E-state index contributed by atoms with van der Waals surface area (Å²) in [5.74, 6) is 1.93. The molecular weight excluding hydrogens is 220 g/mol. The number of nitrogens with zero attached hydrogens (tertiary/aromatic N) is 1. The van der Waals surface area contributed by atoms with E-state index < -0.39 is 12.0 Å². The summed E-state index contributed by atoms with van der Waals surface area (Å²) < 4.78 is 0. The Kier molecular flexibility index (Phi) is 5.34. The predicted molar refractivity (Wildman–Crippen MR) is 63.4 cm³/mol. The summed E-state index contributed by atoms with van der Waals surface area (Å²) in [6, 6.07) is -0.398. The molecule has 5 heteroatoms. The van der Waals surface area contributed by atoms with Gasteiger partial charge in [0.1, 0.15) is 6.54 Å². The molecule has 0 unspecified atom stereocenters. The number of amides is 2. The molecule has 0 spiro atoms. The first-order chi connectivity index (χ1) is 8.13. The molecule has 94 valence electrons. The molecule has 0 aromatic heterocycles. The van der Waals surface area contributed by atoms with Crippen LogP contribution in [-0.4, -0.2) is 41.6 Å². The number of carboxylic acids is 1. The molecule has 5 nitrogen and oxygen atoms in total. The normalized spacial score (nSPS) is 14.5. The SMILES string of the molecule is C#CCN(CC(=O)O)C(=O)NCCC1CCC1. The summed E-state index contributed by atoms with van der Waals surface area (Å²) in [5.41, 5.74) is 0. The van der Waals surface area contributed by atoms with Crippen LogP contribution in [0.15, 0.2) is 0 Å². The Bertz CT molecular complexity index is 318. The van der Waals surface area contributed by atoms with Gasteiger partial charge in [-0.05, 0) is 12.3 Å². The molecule has 2 N–H and O–H groups in total. The van der Waals surface area contributed by atoms with Crippen LogP contribution in [0.4, 0.5) is 4.79 Å². The number of terminal acetylenes is 1. The van der Waals surface area contributed by atoms with E-state index >= 15 is 0 Å². The fraction of sp³-hybridized carbons (Fsp3) is 0.667. The quantitative estimate of drug-likeness (QED) is 0.676. The van der Waals surface area contributed by atoms with E-state index in [-0.39, 0.29) is 13.1 Å². The lowest BCUT2D eigenvalue weighted by Gasteiger charge is -2.26. The van der Waals surface area contributed by atoms with Gasteiger partial charge >= 0.3 is 12.0 Å². The second kappa shape index (κ2) is 6.79. The smallest absolute Gasteiger partial charge is 0.323 e. The summed E-state index contributed by atoms with van der Waals surface area (Å²) in [7, 11) is 0. The molecule has 0 aromatic carbocycles. The third kappa shape index (κ3) is 4.77. The number of nitrogens with one attached hydrogen (secondary N) is 1. The van der Waals surface area contributed by atoms with E-state index in [1.165, 1.54) is 19.3 Å². The summed E-state index contributed by atoms with van der Waals surface area (Å²) in [5, 5.41) is 11.3. The zero-order valence-corrected chi connectivity index (χ0v) is 9.82. The van der Waals surface area contributed by atoms with Gasteiger partial charge in [0.2, 0.25) is 0 Å². The highest BCUT2D eigenvalue weighted by Gasteiger charge is 2.18. The molecule has 0 aliphatic heterocycles. The van der Waals surface area contributed by atoms with E-state index in [0.29, 0.717) is 6.54 Å². The Morgan fingerprint density at radius 2 is 2.18 bits per heavy atom. The molecule has 0 radical (unpaired) electrons. The molecule has 1 aliphatic carbocycles. The molecule has 0 saturated heterocycles. The van der Waals surface area contributed by atoms with Gasteiger partial charge in [-0.1, -0.05) is 25.2 Å². The van der Waals surface area contributed by atoms with Crippen LogP contribution in [0.1, 0.15) is 25.7 Å². The number of hydrogen-bond acceptors (Lipinski definition) is 2. The van der Waals surface area contributed by atoms with Crippen molar-refractivity contribution in [2.75, 3.05) is 19.6 Å². The first kappa shape index (κ1) is 13.4. The fourth-order valence-electron chi connectivity index (χ4n) is 1.75. The topological polar surface area (TPSA) is 69.6 Å². The van der Waals surface area contributed by atoms with E-state index in [0.717, 1.165) is 17.2 Å². The van der Waals surface area contributed by atoms with E-state index in [4.69, 9.17) is 11.5 Å². The lowest BCUT2D eigenvalue weighted by molar-refractivity contribution is -0.137. The van der Waals surface area contributed by atoms with Gasteiger partial charge in [0.15, 0.2) is 0 Å². The number of carbonyl (C=O) groups is 2. The maximum Gasteiger partial charge on any atom is 0.323 e. The minimum Gasteiger partial charge on any atom is -0.480 e. The van der Waals surface area contributed by atoms with Gasteiger partial charge in [-0.15, -0.1) is 6.42 Å². The fourth-order valence-corrected chi connectivity index (χ4v) is 1.75. The molecule has 0 bridgehead atoms. The summed E-state index contributed by atoms with van der Waals surface area (Å²) in [6.07, 6.45) is 9.80. The van der Waals surface area contributed by atoms with Gasteiger partial charge in [0.25, 0.3) is 0 Å². The van der Waals surface area contributed by atoms with Gasteiger partial charge in [0.05, 0.1) is 6.54 Å². The van der Waals surface area contributed by atoms with E-state index in [2.05, 4.69) is 11.2 Å². The van der Waals surface area contributed by atoms with Crippen LogP contribution in [0.3, 0.4) is 0 Å². The third-order valence-electron chi connectivity index (χ3n) is 2.95. The van der Waals surface area contributed by atoms with Crippen LogP contribution < -0.4 is 5.32 Å². The molecule has 1 aliphatic rings. The Balaban J connectivity index is 2.25. The average Bonchev–Trinajstić information content (AvgIpc) is 2.20. The third-order valence-corrected chi connectivity index (χ3v) is 2.95. The molecule has 1 fully saturated rings. The molecule has 1 rings (SSSR count). The maximum atomic E-state index is 11.6. The number of hydrogen-bond donors (Lipinski definition) is 2. The second-order valence-electron chi connectivity index (χ2n) is 4.27. The summed E-state index contributed by atoms with van der Waals surface area (Å²) in [4.78, 5) is 23.3. The molecule has 17 heavy (non-hydrogen) atoms. The van der Waals surface area contributed by atoms with Crippen LogP contribution in [-0.2, 0) is 4.79 Å². The van der Waals surface area contributed by atoms with Crippen molar-refractivity contribution in [3.63, 3.8) is 0 Å². The standard InChI is InChI=1S/C12H18N2O3/c1-2-8-14(9-11(15)16)12(17)13-7-6-10-4-3-5-10/h1,10H,3-9H2,(H,13,17)(H,15,16). The van der Waals surface area contributed by atoms with Gasteiger partial charge in [-0.2, -0.15) is 0 Å². The maximum absolute atomic E-state index is 11.6. The summed E-state index contributed by atoms with van der Waals surface area (Å²) >= 11 is 0. The van der Waals surface area contributed by atoms with Gasteiger partial charge in [-0.3, -0.25) is 4.79 Å². The largest absolute Gasteiger partial charge is 0.480 e. The highest BCUT2D eigenvalue weighted by molar-refractivity contribution is 5.80. The average molecular weight is 238 g/mol. The van der Waals surface area contributed by atoms with Crippen LogP contribution in [0.2, 0.25) is 0 Å². The first-order valence-corrected chi connectivity index (χ1v) is 5.81. The summed E-state index contributed by atoms with van der Waals surface area (Å²) in [6.45, 7) is 0.241. The molecule has 2 amide bonds. The second-order valence-corrected chi connectivity index (χ2v) is 4.27. The van der Waals surface area contributed by atoms with E-state index in [1.807, 2.05) is 0 Å². The van der Waals surface area contributed by atoms with Crippen molar-refractivity contribution in [1.29, 1.82) is 0 Å². The van der Waals surface area contributed by atoms with Crippen molar-refractivity contribution in [3.8, 4) is 12.3 Å². The minimum absolute atomic E-state index is 0.0154. The highest BCUT2D eigenvalue weighted by atomic mass is 16.4. The Morgan fingerprint density at radius 3 is 2.65 bits per heavy atom. The number of rotatable bonds is 6. The number of aliphatic carboxylic acids is 1. The van der Waals surface area contributed by atoms with Crippen molar-refractivity contribution < 1.29 is 14.7 Å². The zero-order valence-electron chi connectivity index (χ0n) is 9.82. The highest BCUT2D eigenvalue weighted by Crippen LogP contribution is 2.28. The lowest BCUT2D eigenvalue weighted by Crippen LogP contribution is -2.43. The number of carbonyl (C=O) groups excluding carboxylic acids is 1. The van der Waals surface area contributed by atoms with E-state index in [1.54, 1.807) is 0 Å². The van der Waals surface area contributed by atoms with Crippen molar-refractivity contribution in [2.24, 2.45) is 5.92 Å². The van der Waals surface area contributed by atoms with Crippen LogP contribution in [0.25, 0.3) is 0 Å². The van der Waals surface area contributed by atoms with Crippen molar-refractivity contribution in [1.82, 2.24) is 10.2 Å². The van der Waals surface area contributed by atoms with Crippen LogP contribution in [0, 0.1) is 18.3 Å². The Hall–Kier alpha value is -1.70. The van der Waals surface area contributed by atoms with Crippen molar-refractivity contribution >= 4 is 12.0 Å². The molecule has 0 aromatic rings. The Morgan fingerprint density at radius 1 is 1.47 bits per heavy atom. The molecular formula is C12H18N2O3. The molecule has 1 saturated carbocycles. The van der Waals surface area contributed by atoms with Gasteiger partial charge in [0, 0.05) is 6.54 Å². The van der Waals surface area contributed by atoms with Gasteiger partial charge in [-0.25, -0.2) is 4.79 Å². The Labute approximate surface area is 101 Å². The molecule has 0 heterocycles.